The standard InChI is InChI=1S/C11H11FN2O2/c12-9-4-2-1-3-8(9)11(16)14-7-5-10(15)13-6-7/h1-4,7H,5-6H2,(H,13,15)(H,14,16)/t7-/m1/s1. The maximum atomic E-state index is 13.2. The van der Waals surface area contributed by atoms with Crippen molar-refractivity contribution < 1.29 is 14.0 Å². The number of benzene rings is 1. The lowest BCUT2D eigenvalue weighted by Gasteiger charge is -2.10. The summed E-state index contributed by atoms with van der Waals surface area (Å²) in [5, 5.41) is 5.20. The summed E-state index contributed by atoms with van der Waals surface area (Å²) in [4.78, 5) is 22.5. The minimum atomic E-state index is -0.558. The lowest BCUT2D eigenvalue weighted by atomic mass is 10.1. The molecule has 84 valence electrons. The fourth-order valence-electron chi connectivity index (χ4n) is 1.62. The molecule has 1 aliphatic heterocycles. The van der Waals surface area contributed by atoms with Crippen LogP contribution in [0, 0.1) is 5.82 Å². The van der Waals surface area contributed by atoms with E-state index < -0.39 is 11.7 Å². The monoisotopic (exact) mass is 222 g/mol. The number of carbonyl (C=O) groups is 2. The molecule has 1 aliphatic rings. The third kappa shape index (κ3) is 2.18. The molecule has 0 spiro atoms. The van der Waals surface area contributed by atoms with Crippen molar-refractivity contribution in [2.24, 2.45) is 0 Å². The van der Waals surface area contributed by atoms with Gasteiger partial charge in [0.2, 0.25) is 5.91 Å². The Bertz CT molecular complexity index is 434. The predicted octanol–water partition coefficient (Wildman–Crippen LogP) is 0.444. The van der Waals surface area contributed by atoms with Gasteiger partial charge in [0.05, 0.1) is 11.6 Å². The molecule has 0 aromatic heterocycles. The highest BCUT2D eigenvalue weighted by Crippen LogP contribution is 2.07. The summed E-state index contributed by atoms with van der Waals surface area (Å²) < 4.78 is 13.2. The second-order valence-corrected chi connectivity index (χ2v) is 3.66. The van der Waals surface area contributed by atoms with Gasteiger partial charge in [0.1, 0.15) is 5.82 Å². The summed E-state index contributed by atoms with van der Waals surface area (Å²) in [7, 11) is 0. The maximum absolute atomic E-state index is 13.2. The Morgan fingerprint density at radius 2 is 2.19 bits per heavy atom. The van der Waals surface area contributed by atoms with Crippen LogP contribution in [0.5, 0.6) is 0 Å². The molecule has 1 aromatic carbocycles. The normalized spacial score (nSPS) is 19.3. The average Bonchev–Trinajstić information content (AvgIpc) is 2.64. The molecule has 0 unspecified atom stereocenters. The van der Waals surface area contributed by atoms with E-state index in [-0.39, 0.29) is 23.9 Å². The van der Waals surface area contributed by atoms with Gasteiger partial charge in [0.15, 0.2) is 0 Å². The van der Waals surface area contributed by atoms with Gasteiger partial charge in [-0.3, -0.25) is 9.59 Å². The van der Waals surface area contributed by atoms with Crippen molar-refractivity contribution >= 4 is 11.8 Å². The Morgan fingerprint density at radius 1 is 1.44 bits per heavy atom. The molecule has 0 radical (unpaired) electrons. The summed E-state index contributed by atoms with van der Waals surface area (Å²) in [5.74, 6) is -1.14. The van der Waals surface area contributed by atoms with Crippen LogP contribution in [0.3, 0.4) is 0 Å². The molecule has 4 nitrogen and oxygen atoms in total. The third-order valence-corrected chi connectivity index (χ3v) is 2.43. The zero-order chi connectivity index (χ0) is 11.5. The largest absolute Gasteiger partial charge is 0.354 e. The van der Waals surface area contributed by atoms with Gasteiger partial charge in [-0.05, 0) is 12.1 Å². The number of amides is 2. The SMILES string of the molecule is O=C1C[C@@H](NC(=O)c2ccccc2F)CN1. The van der Waals surface area contributed by atoms with E-state index >= 15 is 0 Å². The molecule has 5 heteroatoms. The minimum absolute atomic E-state index is 0.00171. The molecule has 1 atom stereocenters. The molecule has 1 fully saturated rings. The Kier molecular flexibility index (Phi) is 2.85. The van der Waals surface area contributed by atoms with E-state index in [0.717, 1.165) is 0 Å². The molecule has 1 saturated heterocycles. The van der Waals surface area contributed by atoms with Crippen molar-refractivity contribution in [3.05, 3.63) is 35.6 Å². The van der Waals surface area contributed by atoms with E-state index in [1.165, 1.54) is 18.2 Å². The number of halogens is 1. The molecule has 0 bridgehead atoms. The number of hydrogen-bond donors (Lipinski definition) is 2. The summed E-state index contributed by atoms with van der Waals surface area (Å²) in [6.07, 6.45) is 0.250. The fourth-order valence-corrected chi connectivity index (χ4v) is 1.62. The molecular weight excluding hydrogens is 211 g/mol. The van der Waals surface area contributed by atoms with Gasteiger partial charge < -0.3 is 10.6 Å². The second kappa shape index (κ2) is 4.30. The van der Waals surface area contributed by atoms with E-state index in [9.17, 15) is 14.0 Å². The summed E-state index contributed by atoms with van der Waals surface area (Å²) in [5.41, 5.74) is 0.00171. The fraction of sp³-hybridized carbons (Fsp3) is 0.273. The molecule has 1 aromatic rings. The molecular formula is C11H11FN2O2. The third-order valence-electron chi connectivity index (χ3n) is 2.43. The Labute approximate surface area is 91.8 Å². The van der Waals surface area contributed by atoms with Gasteiger partial charge in [-0.2, -0.15) is 0 Å². The van der Waals surface area contributed by atoms with E-state index in [0.29, 0.717) is 6.54 Å². The van der Waals surface area contributed by atoms with Gasteiger partial charge >= 0.3 is 0 Å². The van der Waals surface area contributed by atoms with Crippen molar-refractivity contribution in [3.8, 4) is 0 Å². The first kappa shape index (κ1) is 10.6. The predicted molar refractivity (Wildman–Crippen MR) is 55.3 cm³/mol. The van der Waals surface area contributed by atoms with Crippen molar-refractivity contribution in [1.29, 1.82) is 0 Å². The van der Waals surface area contributed by atoms with Gasteiger partial charge in [-0.25, -0.2) is 4.39 Å². The molecule has 0 saturated carbocycles. The second-order valence-electron chi connectivity index (χ2n) is 3.66. The van der Waals surface area contributed by atoms with Crippen molar-refractivity contribution in [3.63, 3.8) is 0 Å². The number of carbonyl (C=O) groups excluding carboxylic acids is 2. The summed E-state index contributed by atoms with van der Waals surface area (Å²) in [6, 6.07) is 5.50. The average molecular weight is 222 g/mol. The Hall–Kier alpha value is -1.91. The highest BCUT2D eigenvalue weighted by molar-refractivity contribution is 5.95. The molecule has 16 heavy (non-hydrogen) atoms. The molecule has 2 amide bonds. The van der Waals surface area contributed by atoms with E-state index in [4.69, 9.17) is 0 Å². The van der Waals surface area contributed by atoms with Crippen LogP contribution in [0.4, 0.5) is 4.39 Å². The zero-order valence-electron chi connectivity index (χ0n) is 8.50. The lowest BCUT2D eigenvalue weighted by Crippen LogP contribution is -2.36. The lowest BCUT2D eigenvalue weighted by molar-refractivity contribution is -0.119. The first-order valence-corrected chi connectivity index (χ1v) is 4.99. The maximum Gasteiger partial charge on any atom is 0.254 e. The van der Waals surface area contributed by atoms with Crippen LogP contribution in [-0.2, 0) is 4.79 Å². The van der Waals surface area contributed by atoms with Crippen LogP contribution in [0.2, 0.25) is 0 Å². The van der Waals surface area contributed by atoms with Crippen LogP contribution in [-0.4, -0.2) is 24.4 Å². The van der Waals surface area contributed by atoms with Gasteiger partial charge in [0.25, 0.3) is 5.91 Å². The summed E-state index contributed by atoms with van der Waals surface area (Å²) in [6.45, 7) is 0.402. The number of hydrogen-bond acceptors (Lipinski definition) is 2. The highest BCUT2D eigenvalue weighted by Gasteiger charge is 2.24. The summed E-state index contributed by atoms with van der Waals surface area (Å²) >= 11 is 0. The first-order chi connectivity index (χ1) is 7.66. The smallest absolute Gasteiger partial charge is 0.254 e. The van der Waals surface area contributed by atoms with Gasteiger partial charge in [-0.1, -0.05) is 12.1 Å². The molecule has 2 rings (SSSR count). The first-order valence-electron chi connectivity index (χ1n) is 4.99. The molecule has 0 aliphatic carbocycles. The Balaban J connectivity index is 2.03. The topological polar surface area (TPSA) is 58.2 Å². The Morgan fingerprint density at radius 3 is 2.81 bits per heavy atom. The quantitative estimate of drug-likeness (QED) is 0.763. The minimum Gasteiger partial charge on any atom is -0.354 e. The van der Waals surface area contributed by atoms with Crippen LogP contribution in [0.25, 0.3) is 0 Å². The van der Waals surface area contributed by atoms with Crippen molar-refractivity contribution in [2.45, 2.75) is 12.5 Å². The van der Waals surface area contributed by atoms with Gasteiger partial charge in [0, 0.05) is 13.0 Å². The van der Waals surface area contributed by atoms with Crippen molar-refractivity contribution in [2.75, 3.05) is 6.54 Å². The van der Waals surface area contributed by atoms with Gasteiger partial charge in [-0.15, -0.1) is 0 Å². The zero-order valence-corrected chi connectivity index (χ0v) is 8.50. The molecule has 1 heterocycles. The highest BCUT2D eigenvalue weighted by atomic mass is 19.1. The number of rotatable bonds is 2. The molecule has 2 N–H and O–H groups in total. The van der Waals surface area contributed by atoms with E-state index in [1.807, 2.05) is 0 Å². The van der Waals surface area contributed by atoms with E-state index in [1.54, 1.807) is 6.07 Å². The van der Waals surface area contributed by atoms with Crippen LogP contribution in [0.15, 0.2) is 24.3 Å². The van der Waals surface area contributed by atoms with E-state index in [2.05, 4.69) is 10.6 Å². The van der Waals surface area contributed by atoms with Crippen LogP contribution < -0.4 is 10.6 Å². The van der Waals surface area contributed by atoms with Crippen LogP contribution in [0.1, 0.15) is 16.8 Å². The van der Waals surface area contributed by atoms with Crippen LogP contribution >= 0.6 is 0 Å². The van der Waals surface area contributed by atoms with Crippen molar-refractivity contribution in [1.82, 2.24) is 10.6 Å². The number of nitrogens with one attached hydrogen (secondary N) is 2.